The normalized spacial score (nSPS) is 12.0. The van der Waals surface area contributed by atoms with E-state index in [2.05, 4.69) is 67.1 Å². The van der Waals surface area contributed by atoms with Gasteiger partial charge in [0, 0.05) is 30.6 Å². The average molecular weight is 398 g/mol. The number of nitrogens with zero attached hydrogens (tertiary/aromatic N) is 5. The Hall–Kier alpha value is -4.00. The van der Waals surface area contributed by atoms with Gasteiger partial charge in [0.25, 0.3) is 5.65 Å². The van der Waals surface area contributed by atoms with Crippen molar-refractivity contribution in [1.29, 1.82) is 0 Å². The van der Waals surface area contributed by atoms with Crippen LogP contribution in [0.25, 0.3) is 16.9 Å². The van der Waals surface area contributed by atoms with Gasteiger partial charge in [0.1, 0.15) is 6.20 Å². The van der Waals surface area contributed by atoms with Gasteiger partial charge in [0.05, 0.1) is 19.5 Å². The molecule has 3 heterocycles. The Morgan fingerprint density at radius 3 is 2.70 bits per heavy atom. The largest absolute Gasteiger partial charge is 0.369 e. The van der Waals surface area contributed by atoms with Crippen LogP contribution >= 0.6 is 0 Å². The molecule has 0 saturated carbocycles. The van der Waals surface area contributed by atoms with Crippen LogP contribution in [-0.2, 0) is 13.5 Å². The summed E-state index contributed by atoms with van der Waals surface area (Å²) in [6.45, 7) is 0.593. The van der Waals surface area contributed by atoms with E-state index in [1.807, 2.05) is 36.4 Å². The number of aliphatic imine (C=N–C) groups is 1. The van der Waals surface area contributed by atoms with Gasteiger partial charge in [-0.25, -0.2) is 14.4 Å². The quantitative estimate of drug-likeness (QED) is 0.226. The van der Waals surface area contributed by atoms with Crippen LogP contribution in [0.1, 0.15) is 11.1 Å². The van der Waals surface area contributed by atoms with Crippen molar-refractivity contribution in [2.45, 2.75) is 6.42 Å². The fraction of sp³-hybridized carbons (Fsp3) is 0.130. The lowest BCUT2D eigenvalue weighted by atomic mass is 10.1. The van der Waals surface area contributed by atoms with Gasteiger partial charge in [-0.3, -0.25) is 9.98 Å². The Kier molecular flexibility index (Phi) is 5.80. The number of fused-ring (bicyclic) bond motifs is 1. The molecule has 1 aromatic carbocycles. The van der Waals surface area contributed by atoms with E-state index in [4.69, 9.17) is 5.73 Å². The minimum absolute atomic E-state index is 0.296. The van der Waals surface area contributed by atoms with E-state index in [-0.39, 0.29) is 0 Å². The van der Waals surface area contributed by atoms with E-state index in [1.165, 1.54) is 5.56 Å². The highest BCUT2D eigenvalue weighted by Gasteiger charge is 2.14. The summed E-state index contributed by atoms with van der Waals surface area (Å²) in [6.07, 6.45) is 10.3. The Balaban J connectivity index is 1.35. The predicted molar refractivity (Wildman–Crippen MR) is 119 cm³/mol. The Morgan fingerprint density at radius 2 is 1.93 bits per heavy atom. The summed E-state index contributed by atoms with van der Waals surface area (Å²) >= 11 is 0. The second-order valence-corrected chi connectivity index (χ2v) is 6.90. The molecule has 3 aromatic heterocycles. The third kappa shape index (κ3) is 4.52. The number of nitrogens with two attached hydrogens (primary N) is 1. The summed E-state index contributed by atoms with van der Waals surface area (Å²) < 4.78 is 4.29. The van der Waals surface area contributed by atoms with Gasteiger partial charge in [0.2, 0.25) is 5.96 Å². The van der Waals surface area contributed by atoms with Gasteiger partial charge in [-0.15, -0.1) is 0 Å². The maximum Gasteiger partial charge on any atom is 0.286 e. The first-order chi connectivity index (χ1) is 14.7. The van der Waals surface area contributed by atoms with Gasteiger partial charge in [-0.05, 0) is 47.9 Å². The molecule has 0 fully saturated rings. The fourth-order valence-corrected chi connectivity index (χ4v) is 3.25. The smallest absolute Gasteiger partial charge is 0.286 e. The van der Waals surface area contributed by atoms with Crippen LogP contribution in [0.5, 0.6) is 0 Å². The number of benzene rings is 1. The highest BCUT2D eigenvalue weighted by molar-refractivity contribution is 5.83. The molecule has 150 valence electrons. The van der Waals surface area contributed by atoms with Gasteiger partial charge in [-0.1, -0.05) is 18.2 Å². The van der Waals surface area contributed by atoms with Crippen LogP contribution in [0.3, 0.4) is 0 Å². The molecule has 4 aromatic rings. The number of aromatic nitrogens is 3. The van der Waals surface area contributed by atoms with E-state index in [0.717, 1.165) is 28.9 Å². The van der Waals surface area contributed by atoms with Gasteiger partial charge in [0.15, 0.2) is 5.69 Å². The summed E-state index contributed by atoms with van der Waals surface area (Å²) in [6, 6.07) is 18.3. The molecule has 0 radical (unpaired) electrons. The molecule has 7 nitrogen and oxygen atoms in total. The molecule has 0 atom stereocenters. The van der Waals surface area contributed by atoms with Crippen molar-refractivity contribution in [2.75, 3.05) is 6.54 Å². The van der Waals surface area contributed by atoms with E-state index in [0.29, 0.717) is 12.5 Å². The minimum Gasteiger partial charge on any atom is -0.369 e. The zero-order chi connectivity index (χ0) is 20.8. The van der Waals surface area contributed by atoms with Crippen molar-refractivity contribution in [1.82, 2.24) is 15.0 Å². The number of aryl methyl sites for hydroxylation is 1. The lowest BCUT2D eigenvalue weighted by Crippen LogP contribution is -2.27. The molecule has 0 unspecified atom stereocenters. The number of guanidine groups is 1. The first-order valence-electron chi connectivity index (χ1n) is 9.75. The van der Waals surface area contributed by atoms with Crippen molar-refractivity contribution >= 4 is 17.8 Å². The van der Waals surface area contributed by atoms with E-state index < -0.39 is 0 Å². The highest BCUT2D eigenvalue weighted by Crippen LogP contribution is 2.19. The molecule has 0 aliphatic carbocycles. The first kappa shape index (κ1) is 19.3. The van der Waals surface area contributed by atoms with Crippen molar-refractivity contribution in [3.05, 3.63) is 90.5 Å². The molecular formula is C23H24N7+. The van der Waals surface area contributed by atoms with Crippen molar-refractivity contribution in [3.8, 4) is 11.3 Å². The lowest BCUT2D eigenvalue weighted by Gasteiger charge is -2.01. The number of hydrazone groups is 1. The van der Waals surface area contributed by atoms with Crippen LogP contribution in [0.15, 0.2) is 89.5 Å². The minimum atomic E-state index is 0.296. The second kappa shape index (κ2) is 9.00. The number of pyridine rings is 2. The maximum atomic E-state index is 5.86. The summed E-state index contributed by atoms with van der Waals surface area (Å²) in [5.74, 6) is 0.296. The molecule has 3 N–H and O–H groups in total. The average Bonchev–Trinajstić information content (AvgIpc) is 3.12. The number of hydrogen-bond acceptors (Lipinski definition) is 3. The van der Waals surface area contributed by atoms with E-state index in [9.17, 15) is 0 Å². The van der Waals surface area contributed by atoms with Crippen LogP contribution in [0, 0.1) is 0 Å². The van der Waals surface area contributed by atoms with E-state index in [1.54, 1.807) is 18.6 Å². The Labute approximate surface area is 175 Å². The number of rotatable bonds is 6. The third-order valence-electron chi connectivity index (χ3n) is 4.87. The predicted octanol–water partition coefficient (Wildman–Crippen LogP) is 2.31. The molecule has 0 amide bonds. The first-order valence-corrected chi connectivity index (χ1v) is 9.75. The van der Waals surface area contributed by atoms with Gasteiger partial charge < -0.3 is 5.73 Å². The molecule has 0 aliphatic rings. The van der Waals surface area contributed by atoms with Crippen LogP contribution in [0.4, 0.5) is 0 Å². The van der Waals surface area contributed by atoms with Gasteiger partial charge in [-0.2, -0.15) is 5.10 Å². The van der Waals surface area contributed by atoms with Crippen LogP contribution < -0.4 is 15.6 Å². The van der Waals surface area contributed by atoms with Crippen LogP contribution in [-0.4, -0.2) is 28.3 Å². The molecule has 30 heavy (non-hydrogen) atoms. The zero-order valence-electron chi connectivity index (χ0n) is 16.8. The van der Waals surface area contributed by atoms with Crippen molar-refractivity contribution in [2.24, 2.45) is 22.9 Å². The summed E-state index contributed by atoms with van der Waals surface area (Å²) in [7, 11) is 2.07. The lowest BCUT2D eigenvalue weighted by molar-refractivity contribution is -0.510. The van der Waals surface area contributed by atoms with Crippen molar-refractivity contribution in [3.63, 3.8) is 0 Å². The Bertz CT molecular complexity index is 1180. The number of imidazole rings is 1. The Morgan fingerprint density at radius 1 is 1.13 bits per heavy atom. The SMILES string of the molecule is Cn1c(-c2ccc(/C=N\NC(N)=NCCc3ccncc3)cc2)c[n+]2ccccc12. The molecule has 0 aliphatic heterocycles. The van der Waals surface area contributed by atoms with Crippen LogP contribution in [0.2, 0.25) is 0 Å². The topological polar surface area (TPSA) is 84.7 Å². The number of hydrogen-bond donors (Lipinski definition) is 2. The maximum absolute atomic E-state index is 5.86. The molecule has 0 saturated heterocycles. The number of nitrogens with one attached hydrogen (secondary N) is 1. The molecule has 7 heteroatoms. The fourth-order valence-electron chi connectivity index (χ4n) is 3.25. The zero-order valence-corrected chi connectivity index (χ0v) is 16.8. The van der Waals surface area contributed by atoms with E-state index >= 15 is 0 Å². The summed E-state index contributed by atoms with van der Waals surface area (Å²) in [5, 5.41) is 4.17. The summed E-state index contributed by atoms with van der Waals surface area (Å²) in [4.78, 5) is 8.28. The second-order valence-electron chi connectivity index (χ2n) is 6.90. The molecule has 4 rings (SSSR count). The molecular weight excluding hydrogens is 374 g/mol. The monoisotopic (exact) mass is 398 g/mol. The molecule has 0 spiro atoms. The standard InChI is InChI=1S/C23H24N7/c1-29-21(17-30-15-3-2-4-22(29)30)20-7-5-19(6-8-20)16-27-28-23(24)26-14-11-18-9-12-25-13-10-18/h2-10,12-13,15-17H,11,14H2,1H3,(H3,24,26,28)/q+1/b27-16-. The van der Waals surface area contributed by atoms with Crippen molar-refractivity contribution < 1.29 is 4.40 Å². The third-order valence-corrected chi connectivity index (χ3v) is 4.87. The van der Waals surface area contributed by atoms with Gasteiger partial charge >= 0.3 is 0 Å². The summed E-state index contributed by atoms with van der Waals surface area (Å²) in [5.41, 5.74) is 14.2. The molecule has 0 bridgehead atoms. The highest BCUT2D eigenvalue weighted by atomic mass is 15.3.